The fourth-order valence-corrected chi connectivity index (χ4v) is 3.34. The number of carbonyl (C=O) groups excluding carboxylic acids is 3. The Labute approximate surface area is 168 Å². The Balaban J connectivity index is 1.90. The number of carbonyl (C=O) groups is 3. The molecule has 3 amide bonds. The van der Waals surface area contributed by atoms with E-state index in [9.17, 15) is 14.4 Å². The minimum Gasteiger partial charge on any atom is -0.347 e. The first-order valence-electron chi connectivity index (χ1n) is 10.1. The summed E-state index contributed by atoms with van der Waals surface area (Å²) in [6.45, 7) is 8.10. The Hall–Kier alpha value is -2.37. The van der Waals surface area contributed by atoms with Gasteiger partial charge in [0.1, 0.15) is 0 Å². The monoisotopic (exact) mass is 387 g/mol. The van der Waals surface area contributed by atoms with Gasteiger partial charge in [-0.15, -0.1) is 0 Å². The Bertz CT molecular complexity index is 661. The van der Waals surface area contributed by atoms with E-state index in [1.807, 2.05) is 56.0 Å². The van der Waals surface area contributed by atoms with Crippen molar-refractivity contribution in [3.63, 3.8) is 0 Å². The van der Waals surface area contributed by atoms with Gasteiger partial charge in [-0.2, -0.15) is 0 Å². The lowest BCUT2D eigenvalue weighted by atomic mass is 9.96. The topological polar surface area (TPSA) is 69.7 Å². The molecule has 2 rings (SSSR count). The molecule has 1 saturated heterocycles. The van der Waals surface area contributed by atoms with E-state index in [1.165, 1.54) is 0 Å². The molecule has 0 unspecified atom stereocenters. The average molecular weight is 388 g/mol. The van der Waals surface area contributed by atoms with E-state index in [4.69, 9.17) is 0 Å². The predicted molar refractivity (Wildman–Crippen MR) is 110 cm³/mol. The van der Waals surface area contributed by atoms with Gasteiger partial charge < -0.3 is 15.1 Å². The molecule has 0 aliphatic carbocycles. The number of nitrogens with one attached hydrogen (secondary N) is 1. The number of likely N-dealkylation sites (tertiary alicyclic amines) is 1. The molecule has 1 aliphatic rings. The Morgan fingerprint density at radius 3 is 2.29 bits per heavy atom. The van der Waals surface area contributed by atoms with Gasteiger partial charge >= 0.3 is 0 Å². The molecule has 154 valence electrons. The Kier molecular flexibility index (Phi) is 8.03. The number of benzene rings is 1. The number of hydrogen-bond donors (Lipinski definition) is 1. The molecule has 6 nitrogen and oxygen atoms in total. The van der Waals surface area contributed by atoms with Gasteiger partial charge in [0.2, 0.25) is 17.7 Å². The summed E-state index contributed by atoms with van der Waals surface area (Å²) in [7, 11) is 0. The van der Waals surface area contributed by atoms with Crippen LogP contribution in [0.15, 0.2) is 30.3 Å². The van der Waals surface area contributed by atoms with Crippen molar-refractivity contribution in [2.45, 2.75) is 46.5 Å². The lowest BCUT2D eigenvalue weighted by molar-refractivity contribution is -0.142. The zero-order valence-corrected chi connectivity index (χ0v) is 17.4. The zero-order chi connectivity index (χ0) is 20.6. The summed E-state index contributed by atoms with van der Waals surface area (Å²) < 4.78 is 0. The van der Waals surface area contributed by atoms with Crippen molar-refractivity contribution >= 4 is 17.7 Å². The maximum absolute atomic E-state index is 12.7. The van der Waals surface area contributed by atoms with Gasteiger partial charge in [0, 0.05) is 19.6 Å². The van der Waals surface area contributed by atoms with Crippen LogP contribution in [0.5, 0.6) is 0 Å². The van der Waals surface area contributed by atoms with Gasteiger partial charge in [0.05, 0.1) is 19.5 Å². The second kappa shape index (κ2) is 10.2. The van der Waals surface area contributed by atoms with E-state index in [0.717, 1.165) is 37.9 Å². The van der Waals surface area contributed by atoms with E-state index >= 15 is 0 Å². The average Bonchev–Trinajstić information content (AvgIpc) is 2.66. The van der Waals surface area contributed by atoms with Crippen LogP contribution < -0.4 is 5.32 Å². The third kappa shape index (κ3) is 7.71. The third-order valence-electron chi connectivity index (χ3n) is 4.70. The van der Waals surface area contributed by atoms with Crippen LogP contribution in [-0.2, 0) is 20.8 Å². The zero-order valence-electron chi connectivity index (χ0n) is 17.4. The smallest absolute Gasteiger partial charge is 0.242 e. The first kappa shape index (κ1) is 21.9. The quantitative estimate of drug-likeness (QED) is 0.780. The van der Waals surface area contributed by atoms with Crippen LogP contribution in [0.25, 0.3) is 0 Å². The van der Waals surface area contributed by atoms with E-state index in [2.05, 4.69) is 5.32 Å². The van der Waals surface area contributed by atoms with Crippen LogP contribution >= 0.6 is 0 Å². The molecule has 0 spiro atoms. The minimum absolute atomic E-state index is 0.00656. The number of hydrogen-bond acceptors (Lipinski definition) is 3. The van der Waals surface area contributed by atoms with Crippen molar-refractivity contribution in [2.24, 2.45) is 5.41 Å². The standard InChI is InChI=1S/C22H33N3O3/c1-22(2,3)17-25(16-21(28)24-12-8-5-9-13-24)20(27)15-23-19(26)14-18-10-6-4-7-11-18/h4,6-7,10-11H,5,8-9,12-17H2,1-3H3,(H,23,26). The molecule has 0 saturated carbocycles. The molecule has 0 aromatic heterocycles. The second-order valence-corrected chi connectivity index (χ2v) is 8.69. The molecule has 1 aliphatic heterocycles. The summed E-state index contributed by atoms with van der Waals surface area (Å²) in [4.78, 5) is 40.9. The van der Waals surface area contributed by atoms with Gasteiger partial charge in [-0.05, 0) is 30.2 Å². The SMILES string of the molecule is CC(C)(C)CN(CC(=O)N1CCCCC1)C(=O)CNC(=O)Cc1ccccc1. The normalized spacial score (nSPS) is 14.5. The van der Waals surface area contributed by atoms with Crippen LogP contribution in [0, 0.1) is 5.41 Å². The van der Waals surface area contributed by atoms with E-state index in [1.54, 1.807) is 4.90 Å². The Morgan fingerprint density at radius 2 is 1.68 bits per heavy atom. The fraction of sp³-hybridized carbons (Fsp3) is 0.591. The highest BCUT2D eigenvalue weighted by Gasteiger charge is 2.26. The van der Waals surface area contributed by atoms with Crippen LogP contribution in [0.2, 0.25) is 0 Å². The van der Waals surface area contributed by atoms with Crippen molar-refractivity contribution in [3.05, 3.63) is 35.9 Å². The molecule has 28 heavy (non-hydrogen) atoms. The molecule has 6 heteroatoms. The maximum Gasteiger partial charge on any atom is 0.242 e. The van der Waals surface area contributed by atoms with Crippen LogP contribution in [0.1, 0.15) is 45.6 Å². The van der Waals surface area contributed by atoms with Gasteiger partial charge in [-0.3, -0.25) is 14.4 Å². The maximum atomic E-state index is 12.7. The Morgan fingerprint density at radius 1 is 1.04 bits per heavy atom. The van der Waals surface area contributed by atoms with Crippen LogP contribution in [0.4, 0.5) is 0 Å². The fourth-order valence-electron chi connectivity index (χ4n) is 3.34. The molecular formula is C22H33N3O3. The van der Waals surface area contributed by atoms with E-state index in [-0.39, 0.29) is 42.6 Å². The number of nitrogens with zero attached hydrogens (tertiary/aromatic N) is 2. The molecule has 1 fully saturated rings. The van der Waals surface area contributed by atoms with Crippen molar-refractivity contribution in [3.8, 4) is 0 Å². The molecule has 1 aromatic carbocycles. The summed E-state index contributed by atoms with van der Waals surface area (Å²) in [5.41, 5.74) is 0.769. The first-order valence-corrected chi connectivity index (χ1v) is 10.1. The molecule has 1 heterocycles. The molecule has 1 N–H and O–H groups in total. The van der Waals surface area contributed by atoms with Crippen molar-refractivity contribution in [1.82, 2.24) is 15.1 Å². The van der Waals surface area contributed by atoms with E-state index < -0.39 is 0 Å². The predicted octanol–water partition coefficient (Wildman–Crippen LogP) is 2.23. The molecular weight excluding hydrogens is 354 g/mol. The van der Waals surface area contributed by atoms with Crippen molar-refractivity contribution in [2.75, 3.05) is 32.7 Å². The number of piperidine rings is 1. The molecule has 1 aromatic rings. The summed E-state index contributed by atoms with van der Waals surface area (Å²) in [5, 5.41) is 2.69. The number of rotatable bonds is 7. The second-order valence-electron chi connectivity index (χ2n) is 8.69. The van der Waals surface area contributed by atoms with E-state index in [0.29, 0.717) is 6.54 Å². The van der Waals surface area contributed by atoms with Gasteiger partial charge in [0.15, 0.2) is 0 Å². The molecule has 0 radical (unpaired) electrons. The van der Waals surface area contributed by atoms with Crippen LogP contribution in [0.3, 0.4) is 0 Å². The van der Waals surface area contributed by atoms with Crippen molar-refractivity contribution < 1.29 is 14.4 Å². The highest BCUT2D eigenvalue weighted by atomic mass is 16.2. The lowest BCUT2D eigenvalue weighted by Gasteiger charge is -2.33. The first-order chi connectivity index (χ1) is 13.2. The third-order valence-corrected chi connectivity index (χ3v) is 4.70. The number of amides is 3. The highest BCUT2D eigenvalue weighted by Crippen LogP contribution is 2.16. The summed E-state index contributed by atoms with van der Waals surface area (Å²) in [6, 6.07) is 9.42. The molecule has 0 bridgehead atoms. The van der Waals surface area contributed by atoms with Gasteiger partial charge in [-0.25, -0.2) is 0 Å². The minimum atomic E-state index is -0.221. The highest BCUT2D eigenvalue weighted by molar-refractivity contribution is 5.88. The molecule has 0 atom stereocenters. The summed E-state index contributed by atoms with van der Waals surface area (Å²) in [6.07, 6.45) is 3.44. The van der Waals surface area contributed by atoms with Crippen molar-refractivity contribution in [1.29, 1.82) is 0 Å². The largest absolute Gasteiger partial charge is 0.347 e. The summed E-state index contributed by atoms with van der Waals surface area (Å²) in [5.74, 6) is -0.424. The lowest BCUT2D eigenvalue weighted by Crippen LogP contribution is -2.49. The van der Waals surface area contributed by atoms with Gasteiger partial charge in [0.25, 0.3) is 0 Å². The summed E-state index contributed by atoms with van der Waals surface area (Å²) >= 11 is 0. The van der Waals surface area contributed by atoms with Crippen LogP contribution in [-0.4, -0.2) is 60.2 Å². The van der Waals surface area contributed by atoms with Gasteiger partial charge in [-0.1, -0.05) is 51.1 Å².